The molecule has 0 aliphatic carbocycles. The summed E-state index contributed by atoms with van der Waals surface area (Å²) in [5, 5.41) is 13.4. The maximum atomic E-state index is 10.3. The molecule has 0 spiro atoms. The molecule has 0 amide bonds. The lowest BCUT2D eigenvalue weighted by molar-refractivity contribution is -0.0176. The van der Waals surface area contributed by atoms with Gasteiger partial charge in [-0.15, -0.1) is 0 Å². The van der Waals surface area contributed by atoms with Gasteiger partial charge in [0.25, 0.3) is 0 Å². The summed E-state index contributed by atoms with van der Waals surface area (Å²) in [7, 11) is 0. The Bertz CT molecular complexity index is 392. The highest BCUT2D eigenvalue weighted by molar-refractivity contribution is 5.44. The Balaban J connectivity index is 2.02. The second-order valence-electron chi connectivity index (χ2n) is 4.45. The number of anilines is 2. The number of hydrogen-bond acceptors (Lipinski definition) is 6. The van der Waals surface area contributed by atoms with Gasteiger partial charge in [0.05, 0.1) is 6.10 Å². The van der Waals surface area contributed by atoms with E-state index in [1.807, 2.05) is 6.92 Å². The minimum absolute atomic E-state index is 0.171. The van der Waals surface area contributed by atoms with Crippen molar-refractivity contribution < 1.29 is 9.84 Å². The van der Waals surface area contributed by atoms with E-state index in [0.29, 0.717) is 37.0 Å². The maximum Gasteiger partial charge on any atom is 0.131 e. The summed E-state index contributed by atoms with van der Waals surface area (Å²) in [5.74, 6) is 1.65. The van der Waals surface area contributed by atoms with E-state index in [2.05, 4.69) is 15.3 Å². The van der Waals surface area contributed by atoms with Gasteiger partial charge in [-0.1, -0.05) is 0 Å². The van der Waals surface area contributed by atoms with Crippen molar-refractivity contribution in [1.82, 2.24) is 9.97 Å². The lowest BCUT2D eigenvalue weighted by Crippen LogP contribution is -2.43. The second kappa shape index (κ2) is 4.46. The maximum absolute atomic E-state index is 10.3. The largest absolute Gasteiger partial charge is 0.385 e. The third-order valence-corrected chi connectivity index (χ3v) is 3.09. The van der Waals surface area contributed by atoms with Crippen LogP contribution in [0.25, 0.3) is 0 Å². The highest BCUT2D eigenvalue weighted by Gasteiger charge is 2.39. The predicted octanol–water partition coefficient (Wildman–Crippen LogP) is 0.319. The van der Waals surface area contributed by atoms with Crippen LogP contribution in [0.3, 0.4) is 0 Å². The minimum Gasteiger partial charge on any atom is -0.385 e. The molecule has 1 aromatic heterocycles. The number of nitrogens with one attached hydrogen (secondary N) is 1. The van der Waals surface area contributed by atoms with E-state index >= 15 is 0 Å². The van der Waals surface area contributed by atoms with Crippen molar-refractivity contribution in [3.8, 4) is 0 Å². The first-order valence-corrected chi connectivity index (χ1v) is 5.69. The highest BCUT2D eigenvalue weighted by atomic mass is 16.5. The summed E-state index contributed by atoms with van der Waals surface area (Å²) in [6, 6.07) is 1.65. The Labute approximate surface area is 100 Å². The molecule has 6 heteroatoms. The summed E-state index contributed by atoms with van der Waals surface area (Å²) < 4.78 is 5.36. The van der Waals surface area contributed by atoms with Crippen LogP contribution in [0.2, 0.25) is 0 Å². The van der Waals surface area contributed by atoms with Crippen molar-refractivity contribution in [2.75, 3.05) is 24.2 Å². The molecule has 0 aromatic carbocycles. The average molecular weight is 238 g/mol. The Kier molecular flexibility index (Phi) is 3.17. The molecule has 0 bridgehead atoms. The standard InChI is InChI=1S/C11H18N4O2/c1-7-11(16,3-4-17-7)6-13-10-5-9(12)14-8(2)15-10/h5,7,16H,3-4,6H2,1-2H3,(H3,12,13,14,15). The molecule has 0 radical (unpaired) electrons. The summed E-state index contributed by atoms with van der Waals surface area (Å²) >= 11 is 0. The molecule has 17 heavy (non-hydrogen) atoms. The molecule has 2 unspecified atom stereocenters. The van der Waals surface area contributed by atoms with Crippen LogP contribution < -0.4 is 11.1 Å². The van der Waals surface area contributed by atoms with E-state index in [9.17, 15) is 5.11 Å². The number of aliphatic hydroxyl groups is 1. The van der Waals surface area contributed by atoms with Crippen molar-refractivity contribution in [1.29, 1.82) is 0 Å². The molecule has 2 atom stereocenters. The van der Waals surface area contributed by atoms with Gasteiger partial charge in [-0.25, -0.2) is 9.97 Å². The SMILES string of the molecule is Cc1nc(N)cc(NCC2(O)CCOC2C)n1. The first-order valence-electron chi connectivity index (χ1n) is 5.69. The fourth-order valence-electron chi connectivity index (χ4n) is 1.93. The Hall–Kier alpha value is -1.40. The van der Waals surface area contributed by atoms with Crippen molar-refractivity contribution >= 4 is 11.6 Å². The van der Waals surface area contributed by atoms with Crippen LogP contribution in [-0.2, 0) is 4.74 Å². The Morgan fingerprint density at radius 1 is 1.65 bits per heavy atom. The van der Waals surface area contributed by atoms with Gasteiger partial charge in [-0.05, 0) is 13.8 Å². The summed E-state index contributed by atoms with van der Waals surface area (Å²) in [4.78, 5) is 8.18. The van der Waals surface area contributed by atoms with Crippen molar-refractivity contribution in [3.63, 3.8) is 0 Å². The normalized spacial score (nSPS) is 28.3. The molecule has 6 nitrogen and oxygen atoms in total. The number of aromatic nitrogens is 2. The number of rotatable bonds is 3. The monoisotopic (exact) mass is 238 g/mol. The van der Waals surface area contributed by atoms with Gasteiger partial charge in [-0.2, -0.15) is 0 Å². The van der Waals surface area contributed by atoms with Crippen LogP contribution in [0.1, 0.15) is 19.2 Å². The molecule has 94 valence electrons. The van der Waals surface area contributed by atoms with E-state index in [0.717, 1.165) is 0 Å². The number of nitrogen functional groups attached to an aromatic ring is 1. The predicted molar refractivity (Wildman–Crippen MR) is 64.7 cm³/mol. The minimum atomic E-state index is -0.840. The smallest absolute Gasteiger partial charge is 0.131 e. The summed E-state index contributed by atoms with van der Waals surface area (Å²) in [5.41, 5.74) is 4.79. The van der Waals surface area contributed by atoms with Gasteiger partial charge in [0.15, 0.2) is 0 Å². The molecule has 2 rings (SSSR count). The first kappa shape index (κ1) is 12.1. The van der Waals surface area contributed by atoms with Crippen LogP contribution >= 0.6 is 0 Å². The van der Waals surface area contributed by atoms with Crippen molar-refractivity contribution in [3.05, 3.63) is 11.9 Å². The fraction of sp³-hybridized carbons (Fsp3) is 0.636. The molecular formula is C11H18N4O2. The first-order chi connectivity index (χ1) is 7.99. The topological polar surface area (TPSA) is 93.3 Å². The number of nitrogens with two attached hydrogens (primary N) is 1. The zero-order valence-corrected chi connectivity index (χ0v) is 10.1. The van der Waals surface area contributed by atoms with E-state index in [1.165, 1.54) is 0 Å². The van der Waals surface area contributed by atoms with E-state index in [-0.39, 0.29) is 6.10 Å². The molecule has 1 aromatic rings. The Morgan fingerprint density at radius 3 is 3.00 bits per heavy atom. The Morgan fingerprint density at radius 2 is 2.41 bits per heavy atom. The summed E-state index contributed by atoms with van der Waals surface area (Å²) in [6.45, 7) is 4.63. The molecule has 2 heterocycles. The van der Waals surface area contributed by atoms with E-state index in [4.69, 9.17) is 10.5 Å². The van der Waals surface area contributed by atoms with E-state index < -0.39 is 5.60 Å². The van der Waals surface area contributed by atoms with Gasteiger partial charge in [0.1, 0.15) is 23.1 Å². The number of nitrogens with zero attached hydrogens (tertiary/aromatic N) is 2. The van der Waals surface area contributed by atoms with Crippen LogP contribution in [-0.4, -0.2) is 39.9 Å². The van der Waals surface area contributed by atoms with Gasteiger partial charge in [-0.3, -0.25) is 0 Å². The summed E-state index contributed by atoms with van der Waals surface area (Å²) in [6.07, 6.45) is 0.455. The number of ether oxygens (including phenoxy) is 1. The van der Waals surface area contributed by atoms with Gasteiger partial charge in [0, 0.05) is 25.6 Å². The van der Waals surface area contributed by atoms with Gasteiger partial charge in [0.2, 0.25) is 0 Å². The molecule has 1 saturated heterocycles. The molecule has 1 aliphatic heterocycles. The molecular weight excluding hydrogens is 220 g/mol. The van der Waals surface area contributed by atoms with Crippen LogP contribution in [0.5, 0.6) is 0 Å². The highest BCUT2D eigenvalue weighted by Crippen LogP contribution is 2.25. The fourth-order valence-corrected chi connectivity index (χ4v) is 1.93. The average Bonchev–Trinajstić information content (AvgIpc) is 2.56. The zero-order chi connectivity index (χ0) is 12.5. The third kappa shape index (κ3) is 2.65. The number of hydrogen-bond donors (Lipinski definition) is 3. The molecule has 1 aliphatic rings. The second-order valence-corrected chi connectivity index (χ2v) is 4.45. The molecule has 1 fully saturated rings. The van der Waals surface area contributed by atoms with Crippen molar-refractivity contribution in [2.45, 2.75) is 32.0 Å². The van der Waals surface area contributed by atoms with Crippen LogP contribution in [0.15, 0.2) is 6.07 Å². The van der Waals surface area contributed by atoms with Crippen LogP contribution in [0, 0.1) is 6.92 Å². The lowest BCUT2D eigenvalue weighted by Gasteiger charge is -2.26. The molecule has 0 saturated carbocycles. The third-order valence-electron chi connectivity index (χ3n) is 3.09. The van der Waals surface area contributed by atoms with Gasteiger partial charge < -0.3 is 20.9 Å². The van der Waals surface area contributed by atoms with E-state index in [1.54, 1.807) is 13.0 Å². The lowest BCUT2D eigenvalue weighted by atomic mass is 9.97. The van der Waals surface area contributed by atoms with Gasteiger partial charge >= 0.3 is 0 Å². The quantitative estimate of drug-likeness (QED) is 0.702. The van der Waals surface area contributed by atoms with Crippen LogP contribution in [0.4, 0.5) is 11.6 Å². The zero-order valence-electron chi connectivity index (χ0n) is 10.1. The number of aryl methyl sites for hydroxylation is 1. The van der Waals surface area contributed by atoms with Crippen molar-refractivity contribution in [2.24, 2.45) is 0 Å². The molecule has 4 N–H and O–H groups in total.